The molecule has 0 heterocycles. The summed E-state index contributed by atoms with van der Waals surface area (Å²) in [6.45, 7) is 0.697. The third-order valence-electron chi connectivity index (χ3n) is 4.04. The molecule has 2 rings (SSSR count). The van der Waals surface area contributed by atoms with Gasteiger partial charge in [0.25, 0.3) is 5.69 Å². The molecule has 0 unspecified atom stereocenters. The number of carboxylic acids is 1. The number of non-ortho nitro benzene ring substituents is 1. The maximum atomic E-state index is 11.2. The van der Waals surface area contributed by atoms with Gasteiger partial charge in [0.1, 0.15) is 0 Å². The highest BCUT2D eigenvalue weighted by atomic mass is 16.6. The van der Waals surface area contributed by atoms with Crippen LogP contribution in [0.2, 0.25) is 0 Å². The van der Waals surface area contributed by atoms with E-state index in [0.717, 1.165) is 12.5 Å². The van der Waals surface area contributed by atoms with Crippen molar-refractivity contribution in [1.82, 2.24) is 0 Å². The normalized spacial score (nSPS) is 15.6. The zero-order chi connectivity index (χ0) is 15.2. The van der Waals surface area contributed by atoms with Crippen molar-refractivity contribution in [1.29, 1.82) is 0 Å². The topological polar surface area (TPSA) is 92.5 Å². The van der Waals surface area contributed by atoms with E-state index >= 15 is 0 Å². The fourth-order valence-electron chi connectivity index (χ4n) is 2.86. The second kappa shape index (κ2) is 7.06. The lowest BCUT2D eigenvalue weighted by atomic mass is 9.87. The van der Waals surface area contributed by atoms with Gasteiger partial charge in [-0.25, -0.2) is 4.79 Å². The van der Waals surface area contributed by atoms with E-state index in [1.165, 1.54) is 44.2 Å². The van der Waals surface area contributed by atoms with Crippen molar-refractivity contribution in [3.8, 4) is 0 Å². The fourth-order valence-corrected chi connectivity index (χ4v) is 2.86. The Morgan fingerprint density at radius 2 is 2.05 bits per heavy atom. The Bertz CT molecular complexity index is 524. The molecule has 0 aliphatic heterocycles. The van der Waals surface area contributed by atoms with Gasteiger partial charge < -0.3 is 10.4 Å². The monoisotopic (exact) mass is 292 g/mol. The Morgan fingerprint density at radius 1 is 1.33 bits per heavy atom. The van der Waals surface area contributed by atoms with Crippen molar-refractivity contribution in [3.05, 3.63) is 33.9 Å². The molecular formula is C15H20N2O4. The first-order chi connectivity index (χ1) is 10.1. The van der Waals surface area contributed by atoms with E-state index in [2.05, 4.69) is 5.32 Å². The summed E-state index contributed by atoms with van der Waals surface area (Å²) in [7, 11) is 0. The van der Waals surface area contributed by atoms with Gasteiger partial charge in [0, 0.05) is 24.4 Å². The molecule has 0 bridgehead atoms. The Morgan fingerprint density at radius 3 is 2.67 bits per heavy atom. The smallest absolute Gasteiger partial charge is 0.338 e. The average Bonchev–Trinajstić information content (AvgIpc) is 2.48. The summed E-state index contributed by atoms with van der Waals surface area (Å²) >= 11 is 0. The third-order valence-corrected chi connectivity index (χ3v) is 4.04. The van der Waals surface area contributed by atoms with Crippen LogP contribution in [-0.2, 0) is 0 Å². The highest BCUT2D eigenvalue weighted by molar-refractivity contribution is 5.95. The summed E-state index contributed by atoms with van der Waals surface area (Å²) in [6, 6.07) is 3.91. The van der Waals surface area contributed by atoms with Gasteiger partial charge in [-0.1, -0.05) is 32.1 Å². The molecule has 0 atom stereocenters. The Balaban J connectivity index is 1.98. The summed E-state index contributed by atoms with van der Waals surface area (Å²) < 4.78 is 0. The molecule has 1 aliphatic rings. The Hall–Kier alpha value is -2.11. The molecule has 0 amide bonds. The molecule has 2 N–H and O–H groups in total. The fraction of sp³-hybridized carbons (Fsp3) is 0.533. The number of benzene rings is 1. The quantitative estimate of drug-likeness (QED) is 0.616. The number of nitro groups is 1. The van der Waals surface area contributed by atoms with Gasteiger partial charge in [-0.15, -0.1) is 0 Å². The number of carboxylic acid groups (broad SMARTS) is 1. The van der Waals surface area contributed by atoms with Gasteiger partial charge in [0.05, 0.1) is 10.5 Å². The molecule has 0 aromatic heterocycles. The number of nitrogens with one attached hydrogen (secondary N) is 1. The maximum absolute atomic E-state index is 11.2. The first-order valence-electron chi connectivity index (χ1n) is 7.33. The highest BCUT2D eigenvalue weighted by Crippen LogP contribution is 2.27. The van der Waals surface area contributed by atoms with Crippen molar-refractivity contribution in [2.45, 2.75) is 38.5 Å². The lowest BCUT2D eigenvalue weighted by Crippen LogP contribution is -2.14. The van der Waals surface area contributed by atoms with E-state index in [0.29, 0.717) is 18.2 Å². The van der Waals surface area contributed by atoms with Crippen molar-refractivity contribution >= 4 is 17.3 Å². The van der Waals surface area contributed by atoms with Crippen molar-refractivity contribution in [2.75, 3.05) is 11.9 Å². The number of anilines is 1. The zero-order valence-electron chi connectivity index (χ0n) is 11.9. The van der Waals surface area contributed by atoms with Gasteiger partial charge in [-0.05, 0) is 18.4 Å². The summed E-state index contributed by atoms with van der Waals surface area (Å²) in [5, 5.41) is 23.0. The van der Waals surface area contributed by atoms with E-state index in [4.69, 9.17) is 5.11 Å². The molecule has 1 saturated carbocycles. The Kier molecular flexibility index (Phi) is 5.14. The van der Waals surface area contributed by atoms with Crippen LogP contribution in [0.1, 0.15) is 48.9 Å². The van der Waals surface area contributed by atoms with E-state index in [-0.39, 0.29) is 11.3 Å². The molecular weight excluding hydrogens is 272 g/mol. The maximum Gasteiger partial charge on any atom is 0.338 e. The van der Waals surface area contributed by atoms with Crippen molar-refractivity contribution < 1.29 is 14.8 Å². The van der Waals surface area contributed by atoms with Gasteiger partial charge in [-0.3, -0.25) is 10.1 Å². The van der Waals surface area contributed by atoms with Gasteiger partial charge >= 0.3 is 5.97 Å². The minimum atomic E-state index is -1.15. The van der Waals surface area contributed by atoms with Gasteiger partial charge in [-0.2, -0.15) is 0 Å². The van der Waals surface area contributed by atoms with E-state index in [9.17, 15) is 14.9 Å². The molecule has 21 heavy (non-hydrogen) atoms. The van der Waals surface area contributed by atoms with Crippen molar-refractivity contribution in [3.63, 3.8) is 0 Å². The highest BCUT2D eigenvalue weighted by Gasteiger charge is 2.17. The molecule has 0 saturated heterocycles. The predicted molar refractivity (Wildman–Crippen MR) is 79.7 cm³/mol. The van der Waals surface area contributed by atoms with Crippen LogP contribution in [0.25, 0.3) is 0 Å². The minimum Gasteiger partial charge on any atom is -0.478 e. The molecule has 114 valence electrons. The first kappa shape index (κ1) is 15.3. The predicted octanol–water partition coefficient (Wildman–Crippen LogP) is 3.68. The summed E-state index contributed by atoms with van der Waals surface area (Å²) in [5.74, 6) is -0.448. The standard InChI is InChI=1S/C15H20N2O4/c18-15(19)13-10-12(17(20)21)6-7-14(13)16-9-8-11-4-2-1-3-5-11/h6-7,10-11,16H,1-5,8-9H2,(H,18,19). The van der Waals surface area contributed by atoms with Crippen LogP contribution in [-0.4, -0.2) is 22.5 Å². The van der Waals surface area contributed by atoms with E-state index < -0.39 is 10.9 Å². The number of nitro benzene ring substituents is 1. The molecule has 1 aromatic carbocycles. The molecule has 1 aromatic rings. The number of hydrogen-bond donors (Lipinski definition) is 2. The number of rotatable bonds is 6. The molecule has 6 heteroatoms. The van der Waals surface area contributed by atoms with E-state index in [1.54, 1.807) is 0 Å². The van der Waals surface area contributed by atoms with Crippen LogP contribution in [0.5, 0.6) is 0 Å². The zero-order valence-corrected chi connectivity index (χ0v) is 11.9. The lowest BCUT2D eigenvalue weighted by molar-refractivity contribution is -0.384. The number of hydrogen-bond acceptors (Lipinski definition) is 4. The van der Waals surface area contributed by atoms with Gasteiger partial charge in [0.2, 0.25) is 0 Å². The SMILES string of the molecule is O=C(O)c1cc([N+](=O)[O-])ccc1NCCC1CCCCC1. The van der Waals surface area contributed by atoms with Crippen LogP contribution in [0.4, 0.5) is 11.4 Å². The van der Waals surface area contributed by atoms with Crippen LogP contribution >= 0.6 is 0 Å². The van der Waals surface area contributed by atoms with Crippen LogP contribution in [0.15, 0.2) is 18.2 Å². The van der Waals surface area contributed by atoms with Crippen LogP contribution < -0.4 is 5.32 Å². The average molecular weight is 292 g/mol. The molecule has 1 fully saturated rings. The molecule has 1 aliphatic carbocycles. The molecule has 0 radical (unpaired) electrons. The number of nitrogens with zero attached hydrogens (tertiary/aromatic N) is 1. The second-order valence-corrected chi connectivity index (χ2v) is 5.51. The number of carbonyl (C=O) groups is 1. The summed E-state index contributed by atoms with van der Waals surface area (Å²) in [4.78, 5) is 21.3. The number of aromatic carboxylic acids is 1. The van der Waals surface area contributed by atoms with E-state index in [1.807, 2.05) is 0 Å². The van der Waals surface area contributed by atoms with Crippen molar-refractivity contribution in [2.24, 2.45) is 5.92 Å². The summed E-state index contributed by atoms with van der Waals surface area (Å²) in [5.41, 5.74) is 0.196. The largest absolute Gasteiger partial charge is 0.478 e. The minimum absolute atomic E-state index is 0.0483. The lowest BCUT2D eigenvalue weighted by Gasteiger charge is -2.21. The van der Waals surface area contributed by atoms with Crippen LogP contribution in [0.3, 0.4) is 0 Å². The molecule has 0 spiro atoms. The van der Waals surface area contributed by atoms with Crippen LogP contribution in [0, 0.1) is 16.0 Å². The third kappa shape index (κ3) is 4.18. The Labute approximate surface area is 123 Å². The molecule has 6 nitrogen and oxygen atoms in total. The second-order valence-electron chi connectivity index (χ2n) is 5.51. The summed E-state index contributed by atoms with van der Waals surface area (Å²) in [6.07, 6.45) is 7.37. The van der Waals surface area contributed by atoms with Gasteiger partial charge in [0.15, 0.2) is 0 Å². The first-order valence-corrected chi connectivity index (χ1v) is 7.33.